The zero-order valence-electron chi connectivity index (χ0n) is 13.5. The van der Waals surface area contributed by atoms with Crippen molar-refractivity contribution in [3.05, 3.63) is 23.3 Å². The van der Waals surface area contributed by atoms with Gasteiger partial charge in [-0.15, -0.1) is 0 Å². The Labute approximate surface area is 128 Å². The lowest BCUT2D eigenvalue weighted by atomic mass is 10.1. The van der Waals surface area contributed by atoms with Gasteiger partial charge in [-0.3, -0.25) is 0 Å². The Morgan fingerprint density at radius 1 is 1.24 bits per heavy atom. The molecule has 0 fully saturated rings. The number of nitrogens with one attached hydrogen (secondary N) is 1. The Hall–Kier alpha value is -1.11. The lowest BCUT2D eigenvalue weighted by molar-refractivity contribution is 0.258. The lowest BCUT2D eigenvalue weighted by Gasteiger charge is -2.27. The smallest absolute Gasteiger partial charge is 0.243 e. The molecule has 0 aliphatic carbocycles. The van der Waals surface area contributed by atoms with Gasteiger partial charge >= 0.3 is 0 Å². The summed E-state index contributed by atoms with van der Waals surface area (Å²) in [4.78, 5) is 0.369. The van der Waals surface area contributed by atoms with Crippen LogP contribution < -0.4 is 5.32 Å². The number of anilines is 1. The van der Waals surface area contributed by atoms with E-state index in [0.717, 1.165) is 16.8 Å². The summed E-state index contributed by atoms with van der Waals surface area (Å²) in [5.41, 5.74) is 2.36. The third kappa shape index (κ3) is 3.96. The summed E-state index contributed by atoms with van der Waals surface area (Å²) >= 11 is 0. The molecule has 0 radical (unpaired) electrons. The quantitative estimate of drug-likeness (QED) is 0.809. The van der Waals surface area contributed by atoms with Gasteiger partial charge in [0.15, 0.2) is 0 Å². The fourth-order valence-corrected chi connectivity index (χ4v) is 4.59. The second-order valence-electron chi connectivity index (χ2n) is 5.48. The number of hydrogen-bond donors (Lipinski definition) is 2. The van der Waals surface area contributed by atoms with Crippen molar-refractivity contribution in [3.8, 4) is 0 Å². The molecule has 0 spiro atoms. The van der Waals surface area contributed by atoms with Crippen LogP contribution in [0.15, 0.2) is 17.0 Å². The lowest BCUT2D eigenvalue weighted by Crippen LogP contribution is -2.38. The van der Waals surface area contributed by atoms with Crippen LogP contribution in [0.25, 0.3) is 0 Å². The van der Waals surface area contributed by atoms with Crippen LogP contribution in [0.4, 0.5) is 5.69 Å². The zero-order chi connectivity index (χ0) is 16.2. The average molecular weight is 314 g/mol. The van der Waals surface area contributed by atoms with E-state index in [0.29, 0.717) is 17.9 Å². The Kier molecular flexibility index (Phi) is 6.19. The Morgan fingerprint density at radius 2 is 1.76 bits per heavy atom. The van der Waals surface area contributed by atoms with E-state index in [1.54, 1.807) is 0 Å². The Bertz CT molecular complexity index is 560. The van der Waals surface area contributed by atoms with E-state index in [2.05, 4.69) is 5.32 Å². The number of aliphatic hydroxyl groups is 1. The highest BCUT2D eigenvalue weighted by Gasteiger charge is 2.29. The Morgan fingerprint density at radius 3 is 2.14 bits per heavy atom. The van der Waals surface area contributed by atoms with E-state index in [1.165, 1.54) is 4.31 Å². The van der Waals surface area contributed by atoms with Crippen molar-refractivity contribution in [1.82, 2.24) is 4.31 Å². The average Bonchev–Trinajstić information content (AvgIpc) is 2.37. The fourth-order valence-electron chi connectivity index (χ4n) is 2.50. The normalized spacial score (nSPS) is 12.2. The highest BCUT2D eigenvalue weighted by molar-refractivity contribution is 7.89. The van der Waals surface area contributed by atoms with E-state index in [9.17, 15) is 8.42 Å². The van der Waals surface area contributed by atoms with E-state index in [4.69, 9.17) is 5.11 Å². The third-order valence-electron chi connectivity index (χ3n) is 3.43. The molecular formula is C15H26N2O3S. The number of aryl methyl sites for hydroxylation is 2. The number of sulfonamides is 1. The summed E-state index contributed by atoms with van der Waals surface area (Å²) < 4.78 is 27.3. The van der Waals surface area contributed by atoms with Crippen molar-refractivity contribution >= 4 is 15.7 Å². The van der Waals surface area contributed by atoms with E-state index < -0.39 is 10.0 Å². The monoisotopic (exact) mass is 314 g/mol. The summed E-state index contributed by atoms with van der Waals surface area (Å²) in [6.45, 7) is 7.62. The molecule has 0 aromatic heterocycles. The SMILES string of the molecule is CNc1cc(C)c(S(=O)(=O)N(CCCO)C(C)C)c(C)c1. The number of benzene rings is 1. The molecule has 0 saturated carbocycles. The molecule has 1 aromatic carbocycles. The van der Waals surface area contributed by atoms with Crippen LogP contribution in [-0.2, 0) is 10.0 Å². The van der Waals surface area contributed by atoms with Crippen LogP contribution in [0.2, 0.25) is 0 Å². The summed E-state index contributed by atoms with van der Waals surface area (Å²) in [7, 11) is -1.75. The highest BCUT2D eigenvalue weighted by atomic mass is 32.2. The van der Waals surface area contributed by atoms with Gasteiger partial charge in [0.1, 0.15) is 0 Å². The maximum Gasteiger partial charge on any atom is 0.243 e. The van der Waals surface area contributed by atoms with Crippen LogP contribution in [-0.4, -0.2) is 44.1 Å². The van der Waals surface area contributed by atoms with Gasteiger partial charge in [-0.05, 0) is 57.4 Å². The minimum atomic E-state index is -3.56. The first kappa shape index (κ1) is 17.9. The second kappa shape index (κ2) is 7.24. The Balaban J connectivity index is 3.34. The maximum absolute atomic E-state index is 12.9. The topological polar surface area (TPSA) is 69.6 Å². The van der Waals surface area contributed by atoms with Gasteiger partial charge in [-0.2, -0.15) is 4.31 Å². The van der Waals surface area contributed by atoms with E-state index in [1.807, 2.05) is 46.9 Å². The predicted molar refractivity (Wildman–Crippen MR) is 86.2 cm³/mol. The van der Waals surface area contributed by atoms with Gasteiger partial charge in [-0.1, -0.05) is 0 Å². The van der Waals surface area contributed by atoms with Crippen LogP contribution in [0.5, 0.6) is 0 Å². The molecule has 0 bridgehead atoms. The summed E-state index contributed by atoms with van der Waals surface area (Å²) in [6, 6.07) is 3.53. The van der Waals surface area contributed by atoms with Gasteiger partial charge in [0.05, 0.1) is 4.90 Å². The van der Waals surface area contributed by atoms with E-state index >= 15 is 0 Å². The molecular weight excluding hydrogens is 288 g/mol. The zero-order valence-corrected chi connectivity index (χ0v) is 14.3. The van der Waals surface area contributed by atoms with Crippen molar-refractivity contribution in [2.24, 2.45) is 0 Å². The molecule has 0 aliphatic rings. The summed E-state index contributed by atoms with van der Waals surface area (Å²) in [5.74, 6) is 0. The van der Waals surface area contributed by atoms with Crippen LogP contribution in [0, 0.1) is 13.8 Å². The molecule has 0 heterocycles. The number of aliphatic hydroxyl groups excluding tert-OH is 1. The predicted octanol–water partition coefficient (Wildman–Crippen LogP) is 2.13. The fraction of sp³-hybridized carbons (Fsp3) is 0.600. The van der Waals surface area contributed by atoms with Crippen LogP contribution in [0.1, 0.15) is 31.4 Å². The molecule has 1 rings (SSSR count). The maximum atomic E-state index is 12.9. The number of hydrogen-bond acceptors (Lipinski definition) is 4. The molecule has 21 heavy (non-hydrogen) atoms. The second-order valence-corrected chi connectivity index (χ2v) is 7.30. The molecule has 0 saturated heterocycles. The van der Waals surface area contributed by atoms with Crippen molar-refractivity contribution in [3.63, 3.8) is 0 Å². The molecule has 0 unspecified atom stereocenters. The van der Waals surface area contributed by atoms with Gasteiger partial charge in [0.2, 0.25) is 10.0 Å². The summed E-state index contributed by atoms with van der Waals surface area (Å²) in [5, 5.41) is 12.0. The highest BCUT2D eigenvalue weighted by Crippen LogP contribution is 2.28. The minimum absolute atomic E-state index is 0.0185. The van der Waals surface area contributed by atoms with Crippen molar-refractivity contribution in [2.45, 2.75) is 45.1 Å². The third-order valence-corrected chi connectivity index (χ3v) is 5.81. The van der Waals surface area contributed by atoms with Gasteiger partial charge in [0, 0.05) is 31.9 Å². The van der Waals surface area contributed by atoms with Crippen molar-refractivity contribution in [1.29, 1.82) is 0 Å². The van der Waals surface area contributed by atoms with E-state index in [-0.39, 0.29) is 12.6 Å². The first-order chi connectivity index (χ1) is 9.75. The number of rotatable bonds is 7. The first-order valence-electron chi connectivity index (χ1n) is 7.17. The largest absolute Gasteiger partial charge is 0.396 e. The molecule has 0 atom stereocenters. The molecule has 1 aromatic rings. The van der Waals surface area contributed by atoms with Crippen molar-refractivity contribution < 1.29 is 13.5 Å². The summed E-state index contributed by atoms with van der Waals surface area (Å²) in [6.07, 6.45) is 0.435. The molecule has 0 amide bonds. The van der Waals surface area contributed by atoms with Crippen LogP contribution >= 0.6 is 0 Å². The van der Waals surface area contributed by atoms with Gasteiger partial charge in [-0.25, -0.2) is 8.42 Å². The standard InChI is InChI=1S/C15H26N2O3S/c1-11(2)17(7-6-8-18)21(19,20)15-12(3)9-14(16-5)10-13(15)4/h9-11,16,18H,6-8H2,1-5H3. The molecule has 5 nitrogen and oxygen atoms in total. The molecule has 0 aliphatic heterocycles. The first-order valence-corrected chi connectivity index (χ1v) is 8.61. The minimum Gasteiger partial charge on any atom is -0.396 e. The van der Waals surface area contributed by atoms with Crippen molar-refractivity contribution in [2.75, 3.05) is 25.5 Å². The van der Waals surface area contributed by atoms with Gasteiger partial charge in [0.25, 0.3) is 0 Å². The van der Waals surface area contributed by atoms with Crippen LogP contribution in [0.3, 0.4) is 0 Å². The molecule has 2 N–H and O–H groups in total. The molecule has 6 heteroatoms. The number of nitrogens with zero attached hydrogens (tertiary/aromatic N) is 1. The van der Waals surface area contributed by atoms with Gasteiger partial charge < -0.3 is 10.4 Å². The molecule has 120 valence electrons.